The Balaban J connectivity index is 1.71. The number of benzene rings is 1. The number of cyclic esters (lactones) is 1. The van der Waals surface area contributed by atoms with Gasteiger partial charge < -0.3 is 14.0 Å². The molecule has 0 N–H and O–H groups in total. The molecule has 2 aliphatic rings. The van der Waals surface area contributed by atoms with Crippen molar-refractivity contribution in [2.75, 3.05) is 6.61 Å². The smallest absolute Gasteiger partial charge is 0.359 e. The van der Waals surface area contributed by atoms with Gasteiger partial charge in [-0.3, -0.25) is 0 Å². The average Bonchev–Trinajstić information content (AvgIpc) is 3.11. The second-order valence-electron chi connectivity index (χ2n) is 6.41. The van der Waals surface area contributed by atoms with E-state index in [1.54, 1.807) is 0 Å². The number of ether oxygens (including phenoxy) is 2. The summed E-state index contributed by atoms with van der Waals surface area (Å²) in [4.78, 5) is 28.9. The second-order valence-corrected chi connectivity index (χ2v) is 6.41. The van der Waals surface area contributed by atoms with Crippen LogP contribution in [0.3, 0.4) is 0 Å². The van der Waals surface area contributed by atoms with E-state index in [4.69, 9.17) is 9.47 Å². The number of carbonyl (C=O) groups excluding carboxylic acids is 2. The first-order valence-electron chi connectivity index (χ1n) is 8.76. The fourth-order valence-electron chi connectivity index (χ4n) is 3.46. The van der Waals surface area contributed by atoms with Crippen molar-refractivity contribution in [3.05, 3.63) is 41.7 Å². The van der Waals surface area contributed by atoms with Gasteiger partial charge in [0.1, 0.15) is 5.82 Å². The number of carbonyl (C=O) groups is 2. The largest absolute Gasteiger partial charge is 0.463 e. The van der Waals surface area contributed by atoms with Crippen molar-refractivity contribution < 1.29 is 19.1 Å². The molecule has 0 amide bonds. The Kier molecular flexibility index (Phi) is 4.26. The van der Waals surface area contributed by atoms with Crippen LogP contribution in [-0.4, -0.2) is 34.2 Å². The summed E-state index contributed by atoms with van der Waals surface area (Å²) in [7, 11) is 0. The predicted molar refractivity (Wildman–Crippen MR) is 90.0 cm³/mol. The van der Waals surface area contributed by atoms with Crippen LogP contribution in [0.25, 0.3) is 11.4 Å². The van der Waals surface area contributed by atoms with Gasteiger partial charge in [0.15, 0.2) is 5.69 Å². The minimum atomic E-state index is -0.809. The molecule has 0 spiro atoms. The van der Waals surface area contributed by atoms with Crippen molar-refractivity contribution >= 4 is 11.9 Å². The Morgan fingerprint density at radius 1 is 1.20 bits per heavy atom. The Labute approximate surface area is 145 Å². The fraction of sp³-hybridized carbons (Fsp3) is 0.421. The van der Waals surface area contributed by atoms with E-state index in [2.05, 4.69) is 9.55 Å². The van der Waals surface area contributed by atoms with Gasteiger partial charge in [-0.2, -0.15) is 0 Å². The summed E-state index contributed by atoms with van der Waals surface area (Å²) in [6.45, 7) is 1.14. The quantitative estimate of drug-likeness (QED) is 0.804. The molecule has 1 unspecified atom stereocenters. The highest BCUT2D eigenvalue weighted by Crippen LogP contribution is 2.28. The summed E-state index contributed by atoms with van der Waals surface area (Å²) in [6, 6.07) is 9.85. The zero-order valence-corrected chi connectivity index (χ0v) is 13.9. The van der Waals surface area contributed by atoms with Gasteiger partial charge in [-0.05, 0) is 19.3 Å². The van der Waals surface area contributed by atoms with Crippen LogP contribution < -0.4 is 0 Å². The number of fused-ring (bicyclic) bond motifs is 1. The number of rotatable bonds is 3. The molecule has 0 bridgehead atoms. The first-order valence-corrected chi connectivity index (χ1v) is 8.76. The lowest BCUT2D eigenvalue weighted by Crippen LogP contribution is -2.23. The molecule has 0 saturated carbocycles. The Hall–Kier alpha value is -2.63. The van der Waals surface area contributed by atoms with Crippen molar-refractivity contribution in [2.45, 2.75) is 44.8 Å². The van der Waals surface area contributed by atoms with Gasteiger partial charge in [0.25, 0.3) is 0 Å². The second kappa shape index (κ2) is 6.70. The van der Waals surface area contributed by atoms with Gasteiger partial charge in [0.05, 0.1) is 12.3 Å². The fourth-order valence-corrected chi connectivity index (χ4v) is 3.46. The number of imidazole rings is 1. The van der Waals surface area contributed by atoms with Crippen LogP contribution in [0.5, 0.6) is 0 Å². The molecular formula is C19H20N2O4. The lowest BCUT2D eigenvalue weighted by atomic mass is 10.1. The van der Waals surface area contributed by atoms with Crippen molar-refractivity contribution in [1.82, 2.24) is 9.55 Å². The van der Waals surface area contributed by atoms with Crippen molar-refractivity contribution in [3.63, 3.8) is 0 Å². The van der Waals surface area contributed by atoms with E-state index < -0.39 is 18.0 Å². The summed E-state index contributed by atoms with van der Waals surface area (Å²) in [5, 5.41) is 0. The predicted octanol–water partition coefficient (Wildman–Crippen LogP) is 2.75. The maximum absolute atomic E-state index is 12.7. The summed E-state index contributed by atoms with van der Waals surface area (Å²) >= 11 is 0. The highest BCUT2D eigenvalue weighted by molar-refractivity contribution is 5.92. The monoisotopic (exact) mass is 340 g/mol. The van der Waals surface area contributed by atoms with Crippen molar-refractivity contribution in [1.29, 1.82) is 0 Å². The Morgan fingerprint density at radius 3 is 2.80 bits per heavy atom. The van der Waals surface area contributed by atoms with Gasteiger partial charge >= 0.3 is 11.9 Å². The number of esters is 2. The summed E-state index contributed by atoms with van der Waals surface area (Å²) < 4.78 is 12.4. The molecule has 0 radical (unpaired) electrons. The zero-order chi connectivity index (χ0) is 17.2. The van der Waals surface area contributed by atoms with Crippen molar-refractivity contribution in [2.24, 2.45) is 0 Å². The highest BCUT2D eigenvalue weighted by Gasteiger charge is 2.33. The molecule has 1 aromatic heterocycles. The molecule has 6 heteroatoms. The number of hydrogen-bond acceptors (Lipinski definition) is 5. The first-order chi connectivity index (χ1) is 12.2. The molecular weight excluding hydrogens is 320 g/mol. The number of hydrogen-bond donors (Lipinski definition) is 0. The maximum atomic E-state index is 12.7. The van der Waals surface area contributed by atoms with Crippen LogP contribution in [0, 0.1) is 0 Å². The minimum Gasteiger partial charge on any atom is -0.463 e. The lowest BCUT2D eigenvalue weighted by molar-refractivity contribution is -0.145. The molecule has 25 heavy (non-hydrogen) atoms. The van der Waals surface area contributed by atoms with E-state index in [-0.39, 0.29) is 0 Å². The normalized spacial score (nSPS) is 19.8. The third-order valence-electron chi connectivity index (χ3n) is 4.73. The molecule has 1 fully saturated rings. The molecule has 1 aromatic carbocycles. The third kappa shape index (κ3) is 3.04. The molecule has 2 aliphatic heterocycles. The van der Waals surface area contributed by atoms with Gasteiger partial charge in [-0.25, -0.2) is 14.6 Å². The first kappa shape index (κ1) is 15.9. The van der Waals surface area contributed by atoms with E-state index in [1.807, 2.05) is 30.3 Å². The van der Waals surface area contributed by atoms with Crippen LogP contribution in [0.2, 0.25) is 0 Å². The molecule has 3 heterocycles. The SMILES string of the molecule is O=C(OC1CCOC1=O)c1nc(-c2ccccc2)n2c1CCCCC2. The Bertz CT molecular complexity index is 797. The van der Waals surface area contributed by atoms with Gasteiger partial charge in [0, 0.05) is 18.5 Å². The van der Waals surface area contributed by atoms with E-state index >= 15 is 0 Å². The van der Waals surface area contributed by atoms with E-state index in [1.165, 1.54) is 0 Å². The summed E-state index contributed by atoms with van der Waals surface area (Å²) in [5.41, 5.74) is 2.22. The third-order valence-corrected chi connectivity index (χ3v) is 4.73. The van der Waals surface area contributed by atoms with Crippen molar-refractivity contribution in [3.8, 4) is 11.4 Å². The van der Waals surface area contributed by atoms with Crippen LogP contribution in [0.4, 0.5) is 0 Å². The number of aromatic nitrogens is 2. The molecule has 130 valence electrons. The summed E-state index contributed by atoms with van der Waals surface area (Å²) in [6.07, 6.45) is 3.60. The van der Waals surface area contributed by atoms with Gasteiger partial charge in [-0.15, -0.1) is 0 Å². The van der Waals surface area contributed by atoms with E-state index in [0.717, 1.165) is 49.3 Å². The molecule has 1 atom stereocenters. The highest BCUT2D eigenvalue weighted by atomic mass is 16.6. The average molecular weight is 340 g/mol. The molecule has 1 saturated heterocycles. The molecule has 0 aliphatic carbocycles. The Morgan fingerprint density at radius 2 is 2.04 bits per heavy atom. The van der Waals surface area contributed by atoms with Crippen LogP contribution in [0.15, 0.2) is 30.3 Å². The van der Waals surface area contributed by atoms with Crippen LogP contribution in [0.1, 0.15) is 41.9 Å². The molecule has 4 rings (SSSR count). The van der Waals surface area contributed by atoms with Gasteiger partial charge in [-0.1, -0.05) is 36.8 Å². The topological polar surface area (TPSA) is 70.4 Å². The molecule has 2 aromatic rings. The number of nitrogens with zero attached hydrogens (tertiary/aromatic N) is 2. The van der Waals surface area contributed by atoms with Crippen LogP contribution >= 0.6 is 0 Å². The van der Waals surface area contributed by atoms with E-state index in [9.17, 15) is 9.59 Å². The standard InChI is InChI=1S/C19H20N2O4/c22-18-15(10-12-24-18)25-19(23)16-14-9-5-2-6-11-21(14)17(20-16)13-7-3-1-4-8-13/h1,3-4,7-8,15H,2,5-6,9-12H2. The maximum Gasteiger partial charge on any atom is 0.359 e. The molecule has 6 nitrogen and oxygen atoms in total. The zero-order valence-electron chi connectivity index (χ0n) is 13.9. The summed E-state index contributed by atoms with van der Waals surface area (Å²) in [5.74, 6) is -0.211. The van der Waals surface area contributed by atoms with Gasteiger partial charge in [0.2, 0.25) is 6.10 Å². The van der Waals surface area contributed by atoms with E-state index in [0.29, 0.717) is 18.7 Å². The minimum absolute atomic E-state index is 0.299. The van der Waals surface area contributed by atoms with Crippen LogP contribution in [-0.2, 0) is 27.2 Å². The lowest BCUT2D eigenvalue weighted by Gasteiger charge is -2.09.